The zero-order valence-corrected chi connectivity index (χ0v) is 19.4. The number of nitrogens with one attached hydrogen (secondary N) is 2. The normalized spacial score (nSPS) is 17.8. The molecule has 0 amide bonds. The SMILES string of the molecule is CN=C(NCCn1cccc1)NCc1ccc(CN2CCCC(C)C2)cc1.I. The summed E-state index contributed by atoms with van der Waals surface area (Å²) < 4.78 is 2.15. The maximum atomic E-state index is 4.30. The number of likely N-dealkylation sites (tertiary alicyclic amines) is 1. The molecule has 1 saturated heterocycles. The van der Waals surface area contributed by atoms with Crippen LogP contribution >= 0.6 is 24.0 Å². The van der Waals surface area contributed by atoms with Crippen LogP contribution in [0.3, 0.4) is 0 Å². The first kappa shape index (κ1) is 22.7. The Bertz CT molecular complexity index is 696. The second kappa shape index (κ2) is 12.1. The van der Waals surface area contributed by atoms with E-state index in [1.54, 1.807) is 0 Å². The van der Waals surface area contributed by atoms with Gasteiger partial charge in [0.15, 0.2) is 5.96 Å². The number of aliphatic imine (C=N–C) groups is 1. The molecule has 5 nitrogen and oxygen atoms in total. The van der Waals surface area contributed by atoms with E-state index >= 15 is 0 Å². The molecule has 1 aliphatic heterocycles. The average molecular weight is 495 g/mol. The second-order valence-electron chi connectivity index (χ2n) is 7.57. The fraction of sp³-hybridized carbons (Fsp3) is 0.500. The quantitative estimate of drug-likeness (QED) is 0.350. The molecule has 1 aromatic carbocycles. The van der Waals surface area contributed by atoms with Gasteiger partial charge in [0.2, 0.25) is 0 Å². The number of rotatable bonds is 7. The van der Waals surface area contributed by atoms with Crippen LogP contribution in [0, 0.1) is 5.92 Å². The molecule has 1 fully saturated rings. The van der Waals surface area contributed by atoms with Crippen LogP contribution in [0.5, 0.6) is 0 Å². The summed E-state index contributed by atoms with van der Waals surface area (Å²) in [5, 5.41) is 6.75. The fourth-order valence-corrected chi connectivity index (χ4v) is 3.68. The van der Waals surface area contributed by atoms with E-state index in [4.69, 9.17) is 0 Å². The summed E-state index contributed by atoms with van der Waals surface area (Å²) in [4.78, 5) is 6.88. The Balaban J connectivity index is 0.00000280. The van der Waals surface area contributed by atoms with E-state index in [0.717, 1.165) is 38.1 Å². The molecule has 1 aromatic heterocycles. The number of hydrogen-bond acceptors (Lipinski definition) is 2. The summed E-state index contributed by atoms with van der Waals surface area (Å²) in [6, 6.07) is 13.1. The van der Waals surface area contributed by atoms with Crippen molar-refractivity contribution >= 4 is 29.9 Å². The lowest BCUT2D eigenvalue weighted by molar-refractivity contribution is 0.176. The van der Waals surface area contributed by atoms with Gasteiger partial charge in [0.25, 0.3) is 0 Å². The predicted octanol–water partition coefficient (Wildman–Crippen LogP) is 3.70. The van der Waals surface area contributed by atoms with Gasteiger partial charge >= 0.3 is 0 Å². The van der Waals surface area contributed by atoms with Crippen LogP contribution in [0.2, 0.25) is 0 Å². The third-order valence-corrected chi connectivity index (χ3v) is 5.18. The van der Waals surface area contributed by atoms with Crippen molar-refractivity contribution in [2.24, 2.45) is 10.9 Å². The molecule has 154 valence electrons. The van der Waals surface area contributed by atoms with Gasteiger partial charge in [-0.2, -0.15) is 0 Å². The van der Waals surface area contributed by atoms with E-state index in [1.807, 2.05) is 19.2 Å². The van der Waals surface area contributed by atoms with Gasteiger partial charge in [0, 0.05) is 52.2 Å². The second-order valence-corrected chi connectivity index (χ2v) is 7.57. The van der Waals surface area contributed by atoms with E-state index in [2.05, 4.69) is 68.7 Å². The molecule has 0 aliphatic carbocycles. The standard InChI is InChI=1S/C22H33N5.HI/c1-19-6-5-14-27(17-19)18-21-9-7-20(8-10-21)16-25-22(23-2)24-11-15-26-12-3-4-13-26;/h3-4,7-10,12-13,19H,5-6,11,14-18H2,1-2H3,(H2,23,24,25);1H. The Hall–Kier alpha value is -1.54. The van der Waals surface area contributed by atoms with Gasteiger partial charge < -0.3 is 15.2 Å². The van der Waals surface area contributed by atoms with Gasteiger partial charge in [-0.15, -0.1) is 24.0 Å². The van der Waals surface area contributed by atoms with Crippen molar-refractivity contribution in [2.45, 2.75) is 39.4 Å². The molecule has 2 N–H and O–H groups in total. The van der Waals surface area contributed by atoms with Crippen molar-refractivity contribution in [3.05, 3.63) is 59.9 Å². The molecule has 2 heterocycles. The van der Waals surface area contributed by atoms with Crippen molar-refractivity contribution in [3.8, 4) is 0 Å². The Kier molecular flexibility index (Phi) is 9.84. The molecular weight excluding hydrogens is 461 g/mol. The fourth-order valence-electron chi connectivity index (χ4n) is 3.68. The monoisotopic (exact) mass is 495 g/mol. The highest BCUT2D eigenvalue weighted by atomic mass is 127. The first-order valence-electron chi connectivity index (χ1n) is 10.1. The van der Waals surface area contributed by atoms with Crippen molar-refractivity contribution in [3.63, 3.8) is 0 Å². The summed E-state index contributed by atoms with van der Waals surface area (Å²) in [6.07, 6.45) is 6.86. The van der Waals surface area contributed by atoms with E-state index in [-0.39, 0.29) is 24.0 Å². The smallest absolute Gasteiger partial charge is 0.191 e. The maximum absolute atomic E-state index is 4.30. The summed E-state index contributed by atoms with van der Waals surface area (Å²) in [6.45, 7) is 8.46. The minimum atomic E-state index is 0. The highest BCUT2D eigenvalue weighted by molar-refractivity contribution is 14.0. The third kappa shape index (κ3) is 7.47. The molecule has 3 rings (SSSR count). The minimum absolute atomic E-state index is 0. The molecule has 6 heteroatoms. The summed E-state index contributed by atoms with van der Waals surface area (Å²) in [5.74, 6) is 1.67. The van der Waals surface area contributed by atoms with Crippen LogP contribution in [-0.2, 0) is 19.6 Å². The largest absolute Gasteiger partial charge is 0.355 e. The number of piperidine rings is 1. The van der Waals surface area contributed by atoms with Crippen LogP contribution in [0.1, 0.15) is 30.9 Å². The van der Waals surface area contributed by atoms with Crippen LogP contribution < -0.4 is 10.6 Å². The van der Waals surface area contributed by atoms with Crippen LogP contribution in [0.4, 0.5) is 0 Å². The molecule has 0 radical (unpaired) electrons. The first-order chi connectivity index (χ1) is 13.2. The van der Waals surface area contributed by atoms with E-state index in [9.17, 15) is 0 Å². The summed E-state index contributed by atoms with van der Waals surface area (Å²) >= 11 is 0. The summed E-state index contributed by atoms with van der Waals surface area (Å²) in [5.41, 5.74) is 2.68. The molecule has 0 bridgehead atoms. The predicted molar refractivity (Wildman–Crippen MR) is 128 cm³/mol. The Morgan fingerprint density at radius 2 is 1.82 bits per heavy atom. The molecule has 1 atom stereocenters. The maximum Gasteiger partial charge on any atom is 0.191 e. The zero-order chi connectivity index (χ0) is 18.9. The number of nitrogens with zero attached hydrogens (tertiary/aromatic N) is 3. The number of halogens is 1. The molecule has 0 spiro atoms. The summed E-state index contributed by atoms with van der Waals surface area (Å²) in [7, 11) is 1.81. The van der Waals surface area contributed by atoms with Gasteiger partial charge in [0.1, 0.15) is 0 Å². The lowest BCUT2D eigenvalue weighted by Crippen LogP contribution is -2.38. The van der Waals surface area contributed by atoms with Crippen LogP contribution in [0.25, 0.3) is 0 Å². The molecule has 0 saturated carbocycles. The average Bonchev–Trinajstić information content (AvgIpc) is 3.19. The zero-order valence-electron chi connectivity index (χ0n) is 17.1. The Morgan fingerprint density at radius 3 is 2.50 bits per heavy atom. The highest BCUT2D eigenvalue weighted by Crippen LogP contribution is 2.18. The van der Waals surface area contributed by atoms with Crippen molar-refractivity contribution < 1.29 is 0 Å². The topological polar surface area (TPSA) is 44.6 Å². The van der Waals surface area contributed by atoms with Gasteiger partial charge in [-0.25, -0.2) is 0 Å². The van der Waals surface area contributed by atoms with Crippen molar-refractivity contribution in [1.82, 2.24) is 20.1 Å². The van der Waals surface area contributed by atoms with Gasteiger partial charge in [-0.05, 0) is 48.6 Å². The van der Waals surface area contributed by atoms with Crippen LogP contribution in [0.15, 0.2) is 53.8 Å². The van der Waals surface area contributed by atoms with Crippen LogP contribution in [-0.4, -0.2) is 42.1 Å². The minimum Gasteiger partial charge on any atom is -0.355 e. The highest BCUT2D eigenvalue weighted by Gasteiger charge is 2.16. The van der Waals surface area contributed by atoms with Crippen molar-refractivity contribution in [2.75, 3.05) is 26.7 Å². The van der Waals surface area contributed by atoms with Gasteiger partial charge in [-0.1, -0.05) is 31.2 Å². The Morgan fingerprint density at radius 1 is 1.11 bits per heavy atom. The number of aromatic nitrogens is 1. The number of benzene rings is 1. The lowest BCUT2D eigenvalue weighted by Gasteiger charge is -2.30. The lowest BCUT2D eigenvalue weighted by atomic mass is 9.99. The van der Waals surface area contributed by atoms with Gasteiger partial charge in [-0.3, -0.25) is 9.89 Å². The molecular formula is C22H34IN5. The van der Waals surface area contributed by atoms with E-state index in [1.165, 1.54) is 37.1 Å². The molecule has 2 aromatic rings. The van der Waals surface area contributed by atoms with Crippen molar-refractivity contribution in [1.29, 1.82) is 0 Å². The van der Waals surface area contributed by atoms with E-state index in [0.29, 0.717) is 0 Å². The molecule has 1 aliphatic rings. The number of guanidine groups is 1. The number of hydrogen-bond donors (Lipinski definition) is 2. The molecule has 28 heavy (non-hydrogen) atoms. The Labute approximate surface area is 186 Å². The first-order valence-corrected chi connectivity index (χ1v) is 10.1. The van der Waals surface area contributed by atoms with E-state index < -0.39 is 0 Å². The molecule has 1 unspecified atom stereocenters. The van der Waals surface area contributed by atoms with Gasteiger partial charge in [0.05, 0.1) is 0 Å². The third-order valence-electron chi connectivity index (χ3n) is 5.18.